The number of hydrogen-bond acceptors (Lipinski definition) is 5. The molecule has 0 radical (unpaired) electrons. The predicted molar refractivity (Wildman–Crippen MR) is 106 cm³/mol. The normalized spacial score (nSPS) is 11.2. The predicted octanol–water partition coefficient (Wildman–Crippen LogP) is 3.74. The van der Waals surface area contributed by atoms with Crippen LogP contribution in [0.25, 0.3) is 23.1 Å². The molecule has 2 aromatic carbocycles. The number of hydrogen-bond donors (Lipinski definition) is 2. The number of rotatable bonds is 4. The molecule has 0 saturated heterocycles. The van der Waals surface area contributed by atoms with E-state index < -0.39 is 11.6 Å². The summed E-state index contributed by atoms with van der Waals surface area (Å²) < 4.78 is 5.47. The lowest BCUT2D eigenvalue weighted by Crippen LogP contribution is -2.09. The third kappa shape index (κ3) is 3.55. The number of aromatic carboxylic acids is 1. The van der Waals surface area contributed by atoms with Crippen LogP contribution in [-0.4, -0.2) is 30.3 Å². The first kappa shape index (κ1) is 18.3. The fourth-order valence-corrected chi connectivity index (χ4v) is 2.84. The van der Waals surface area contributed by atoms with Crippen LogP contribution >= 0.6 is 0 Å². The Morgan fingerprint density at radius 1 is 1.11 bits per heavy atom. The van der Waals surface area contributed by atoms with Crippen LogP contribution in [0.4, 0.5) is 5.69 Å². The second-order valence-electron chi connectivity index (χ2n) is 6.42. The number of fused-ring (bicyclic) bond motifs is 1. The van der Waals surface area contributed by atoms with Gasteiger partial charge in [0, 0.05) is 31.2 Å². The molecule has 0 bridgehead atoms. The van der Waals surface area contributed by atoms with Crippen molar-refractivity contribution >= 4 is 34.8 Å². The van der Waals surface area contributed by atoms with Crippen LogP contribution in [0.1, 0.15) is 27.0 Å². The van der Waals surface area contributed by atoms with Crippen LogP contribution in [0.15, 0.2) is 45.6 Å². The molecule has 2 N–H and O–H groups in total. The van der Waals surface area contributed by atoms with E-state index in [-0.39, 0.29) is 11.3 Å². The maximum absolute atomic E-state index is 12.4. The zero-order chi connectivity index (χ0) is 19.7. The molecule has 0 aliphatic rings. The summed E-state index contributed by atoms with van der Waals surface area (Å²) >= 11 is 0. The Balaban J connectivity index is 2.06. The van der Waals surface area contributed by atoms with E-state index in [2.05, 4.69) is 0 Å². The van der Waals surface area contributed by atoms with Crippen molar-refractivity contribution in [3.05, 3.63) is 69.1 Å². The minimum atomic E-state index is -1.22. The molecule has 0 aliphatic carbocycles. The van der Waals surface area contributed by atoms with Crippen molar-refractivity contribution in [2.24, 2.45) is 0 Å². The van der Waals surface area contributed by atoms with Gasteiger partial charge in [-0.05, 0) is 48.4 Å². The average Bonchev–Trinajstić information content (AvgIpc) is 2.61. The summed E-state index contributed by atoms with van der Waals surface area (Å²) in [4.78, 5) is 25.5. The van der Waals surface area contributed by atoms with Crippen molar-refractivity contribution in [2.45, 2.75) is 6.92 Å². The van der Waals surface area contributed by atoms with Crippen molar-refractivity contribution < 1.29 is 19.4 Å². The Labute approximate surface area is 155 Å². The molecule has 0 atom stereocenters. The third-order valence-electron chi connectivity index (χ3n) is 4.41. The SMILES string of the molecule is Cc1c(/C=C/c2ccc(O)c(C(=O)O)c2)c(=O)oc2cc(N(C)C)ccc12. The van der Waals surface area contributed by atoms with Crippen LogP contribution < -0.4 is 10.5 Å². The van der Waals surface area contributed by atoms with Gasteiger partial charge in [-0.15, -0.1) is 0 Å². The Bertz CT molecular complexity index is 1130. The highest BCUT2D eigenvalue weighted by Gasteiger charge is 2.12. The lowest BCUT2D eigenvalue weighted by atomic mass is 10.0. The number of carbonyl (C=O) groups is 1. The molecule has 3 aromatic rings. The molecular weight excluding hydrogens is 346 g/mol. The zero-order valence-corrected chi connectivity index (χ0v) is 15.2. The molecule has 0 fully saturated rings. The van der Waals surface area contributed by atoms with Crippen LogP contribution in [0.5, 0.6) is 5.75 Å². The first-order valence-electron chi connectivity index (χ1n) is 8.27. The van der Waals surface area contributed by atoms with Crippen molar-refractivity contribution in [3.63, 3.8) is 0 Å². The summed E-state index contributed by atoms with van der Waals surface area (Å²) in [6.07, 6.45) is 3.21. The van der Waals surface area contributed by atoms with Gasteiger partial charge in [-0.25, -0.2) is 9.59 Å². The molecule has 6 heteroatoms. The standard InChI is InChI=1S/C21H19NO5/c1-12-15-8-6-14(22(2)3)11-19(15)27-21(26)16(12)7-4-13-5-9-18(23)17(10-13)20(24)25/h4-11,23H,1-3H3,(H,24,25)/b7-4+. The van der Waals surface area contributed by atoms with Gasteiger partial charge in [0.05, 0.1) is 5.56 Å². The number of aryl methyl sites for hydroxylation is 1. The van der Waals surface area contributed by atoms with Crippen molar-refractivity contribution in [2.75, 3.05) is 19.0 Å². The molecule has 1 heterocycles. The van der Waals surface area contributed by atoms with E-state index in [1.807, 2.05) is 44.1 Å². The number of anilines is 1. The summed E-state index contributed by atoms with van der Waals surface area (Å²) in [7, 11) is 3.82. The number of aromatic hydroxyl groups is 1. The van der Waals surface area contributed by atoms with E-state index in [9.17, 15) is 14.7 Å². The smallest absolute Gasteiger partial charge is 0.343 e. The monoisotopic (exact) mass is 365 g/mol. The molecule has 0 amide bonds. The number of carboxylic acid groups (broad SMARTS) is 1. The molecular formula is C21H19NO5. The van der Waals surface area contributed by atoms with Gasteiger partial charge in [0.1, 0.15) is 16.9 Å². The number of nitrogens with zero attached hydrogens (tertiary/aromatic N) is 1. The Morgan fingerprint density at radius 3 is 2.52 bits per heavy atom. The van der Waals surface area contributed by atoms with Crippen molar-refractivity contribution in [3.8, 4) is 5.75 Å². The summed E-state index contributed by atoms with van der Waals surface area (Å²) in [5.41, 5.74) is 2.49. The summed E-state index contributed by atoms with van der Waals surface area (Å²) in [5.74, 6) is -1.53. The maximum atomic E-state index is 12.4. The molecule has 0 aliphatic heterocycles. The highest BCUT2D eigenvalue weighted by molar-refractivity contribution is 5.92. The summed E-state index contributed by atoms with van der Waals surface area (Å²) in [6.45, 7) is 1.84. The maximum Gasteiger partial charge on any atom is 0.343 e. The Kier molecular flexibility index (Phi) is 4.73. The minimum Gasteiger partial charge on any atom is -0.507 e. The van der Waals surface area contributed by atoms with E-state index in [0.29, 0.717) is 16.7 Å². The topological polar surface area (TPSA) is 91.0 Å². The van der Waals surface area contributed by atoms with Gasteiger partial charge < -0.3 is 19.5 Å². The van der Waals surface area contributed by atoms with Gasteiger partial charge in [-0.2, -0.15) is 0 Å². The van der Waals surface area contributed by atoms with Crippen molar-refractivity contribution in [1.29, 1.82) is 0 Å². The van der Waals surface area contributed by atoms with E-state index in [0.717, 1.165) is 16.6 Å². The molecule has 138 valence electrons. The highest BCUT2D eigenvalue weighted by Crippen LogP contribution is 2.25. The molecule has 3 rings (SSSR count). The molecule has 0 spiro atoms. The second kappa shape index (κ2) is 6.99. The summed E-state index contributed by atoms with van der Waals surface area (Å²) in [6, 6.07) is 9.89. The van der Waals surface area contributed by atoms with E-state index in [1.54, 1.807) is 18.2 Å². The fraction of sp³-hybridized carbons (Fsp3) is 0.143. The molecule has 0 saturated carbocycles. The highest BCUT2D eigenvalue weighted by atomic mass is 16.4. The molecule has 1 aromatic heterocycles. The average molecular weight is 365 g/mol. The van der Waals surface area contributed by atoms with Gasteiger partial charge in [0.2, 0.25) is 0 Å². The first-order chi connectivity index (χ1) is 12.8. The Hall–Kier alpha value is -3.54. The quantitative estimate of drug-likeness (QED) is 0.685. The number of phenols is 1. The van der Waals surface area contributed by atoms with E-state index in [4.69, 9.17) is 9.52 Å². The second-order valence-corrected chi connectivity index (χ2v) is 6.42. The lowest BCUT2D eigenvalue weighted by Gasteiger charge is -2.13. The van der Waals surface area contributed by atoms with E-state index in [1.165, 1.54) is 12.1 Å². The molecule has 27 heavy (non-hydrogen) atoms. The van der Waals surface area contributed by atoms with Gasteiger partial charge in [0.15, 0.2) is 0 Å². The largest absolute Gasteiger partial charge is 0.507 e. The lowest BCUT2D eigenvalue weighted by molar-refractivity contribution is 0.0693. The number of benzene rings is 2. The zero-order valence-electron chi connectivity index (χ0n) is 15.2. The van der Waals surface area contributed by atoms with Crippen LogP contribution in [0.3, 0.4) is 0 Å². The van der Waals surface area contributed by atoms with Crippen LogP contribution in [0, 0.1) is 6.92 Å². The van der Waals surface area contributed by atoms with Gasteiger partial charge in [0.25, 0.3) is 0 Å². The summed E-state index contributed by atoms with van der Waals surface area (Å²) in [5, 5.41) is 19.5. The number of carboxylic acids is 1. The third-order valence-corrected chi connectivity index (χ3v) is 4.41. The van der Waals surface area contributed by atoms with Gasteiger partial charge in [-0.3, -0.25) is 0 Å². The van der Waals surface area contributed by atoms with Crippen LogP contribution in [0.2, 0.25) is 0 Å². The van der Waals surface area contributed by atoms with Gasteiger partial charge in [-0.1, -0.05) is 12.1 Å². The molecule has 0 unspecified atom stereocenters. The van der Waals surface area contributed by atoms with Crippen molar-refractivity contribution in [1.82, 2.24) is 0 Å². The van der Waals surface area contributed by atoms with Gasteiger partial charge >= 0.3 is 11.6 Å². The van der Waals surface area contributed by atoms with Crippen LogP contribution in [-0.2, 0) is 0 Å². The molecule has 6 nitrogen and oxygen atoms in total. The fourth-order valence-electron chi connectivity index (χ4n) is 2.84. The Morgan fingerprint density at radius 2 is 1.85 bits per heavy atom. The minimum absolute atomic E-state index is 0.198. The first-order valence-corrected chi connectivity index (χ1v) is 8.27. The van der Waals surface area contributed by atoms with E-state index >= 15 is 0 Å².